The molecule has 2 aromatic carbocycles. The largest absolute Gasteiger partial charge is 0.545 e. The van der Waals surface area contributed by atoms with E-state index in [4.69, 9.17) is 4.74 Å². The van der Waals surface area contributed by atoms with E-state index in [1.54, 1.807) is 61.6 Å². The lowest BCUT2D eigenvalue weighted by Crippen LogP contribution is -2.77. The van der Waals surface area contributed by atoms with Gasteiger partial charge in [0.1, 0.15) is 5.69 Å². The molecule has 1 unspecified atom stereocenters. The fraction of sp³-hybridized carbons (Fsp3) is 0.190. The molecule has 0 saturated heterocycles. The predicted molar refractivity (Wildman–Crippen MR) is 99.4 cm³/mol. The Balaban J connectivity index is 1.96. The minimum Gasteiger partial charge on any atom is -0.545 e. The maximum absolute atomic E-state index is 13.1. The number of benzene rings is 2. The number of hydrogen-bond donors (Lipinski definition) is 1. The van der Waals surface area contributed by atoms with Crippen LogP contribution in [0.4, 0.5) is 11.4 Å². The average molecular weight is 380 g/mol. The molecule has 0 radical (unpaired) electrons. The number of quaternary nitrogens is 1. The number of para-hydroxylation sites is 1. The van der Waals surface area contributed by atoms with Crippen LogP contribution in [-0.2, 0) is 14.3 Å². The van der Waals surface area contributed by atoms with Crippen molar-refractivity contribution in [1.82, 2.24) is 0 Å². The Bertz CT molecular complexity index is 937. The van der Waals surface area contributed by atoms with Crippen molar-refractivity contribution in [1.29, 1.82) is 0 Å². The minimum absolute atomic E-state index is 0.0474. The number of amides is 1. The third-order valence-electron chi connectivity index (χ3n) is 4.52. The zero-order valence-electron chi connectivity index (χ0n) is 15.5. The van der Waals surface area contributed by atoms with Crippen LogP contribution in [0, 0.1) is 0 Å². The molecule has 0 bridgehead atoms. The van der Waals surface area contributed by atoms with E-state index in [0.717, 1.165) is 0 Å². The van der Waals surface area contributed by atoms with Crippen LogP contribution in [0.25, 0.3) is 0 Å². The van der Waals surface area contributed by atoms with Gasteiger partial charge in [-0.2, -0.15) is 0 Å². The van der Waals surface area contributed by atoms with E-state index in [0.29, 0.717) is 17.1 Å². The third-order valence-corrected chi connectivity index (χ3v) is 4.52. The zero-order chi connectivity index (χ0) is 20.3. The summed E-state index contributed by atoms with van der Waals surface area (Å²) in [6.45, 7) is 3.54. The van der Waals surface area contributed by atoms with Gasteiger partial charge in [-0.1, -0.05) is 18.2 Å². The number of nitrogens with two attached hydrogens (primary N) is 1. The maximum Gasteiger partial charge on any atom is 0.336 e. The van der Waals surface area contributed by atoms with Gasteiger partial charge in [0.05, 0.1) is 12.6 Å². The summed E-state index contributed by atoms with van der Waals surface area (Å²) in [6.07, 6.45) is 1.58. The molecule has 0 fully saturated rings. The topological polar surface area (TPSA) is 103 Å². The minimum atomic E-state index is -1.29. The van der Waals surface area contributed by atoms with Crippen molar-refractivity contribution in [3.05, 3.63) is 71.9 Å². The Morgan fingerprint density at radius 2 is 1.75 bits per heavy atom. The first-order valence-corrected chi connectivity index (χ1v) is 8.82. The van der Waals surface area contributed by atoms with Gasteiger partial charge in [0, 0.05) is 23.9 Å². The lowest BCUT2D eigenvalue weighted by atomic mass is 10.0. The van der Waals surface area contributed by atoms with E-state index in [-0.39, 0.29) is 18.1 Å². The monoisotopic (exact) mass is 380 g/mol. The molecule has 0 aliphatic carbocycles. The summed E-state index contributed by atoms with van der Waals surface area (Å²) in [7, 11) is 0. The van der Waals surface area contributed by atoms with Crippen molar-refractivity contribution in [3.63, 3.8) is 0 Å². The highest BCUT2D eigenvalue weighted by Crippen LogP contribution is 2.33. The molecule has 7 nitrogen and oxygen atoms in total. The van der Waals surface area contributed by atoms with Crippen LogP contribution in [0.1, 0.15) is 24.2 Å². The van der Waals surface area contributed by atoms with Gasteiger partial charge in [0.25, 0.3) is 0 Å². The number of aromatic carboxylic acids is 1. The van der Waals surface area contributed by atoms with Gasteiger partial charge in [-0.15, -0.1) is 0 Å². The second-order valence-electron chi connectivity index (χ2n) is 6.50. The summed E-state index contributed by atoms with van der Waals surface area (Å²) in [5, 5.41) is 12.5. The summed E-state index contributed by atoms with van der Waals surface area (Å²) in [5.74, 6) is -2.14. The SMILES string of the molecule is CCOC(=O)C1(C)C=C([NH2+]c2ccc(C(=O)[O-])cc2)C(=O)N1c1ccccc1. The Morgan fingerprint density at radius 1 is 1.11 bits per heavy atom. The molecule has 1 heterocycles. The van der Waals surface area contributed by atoms with Crippen LogP contribution in [0.2, 0.25) is 0 Å². The molecule has 1 aliphatic rings. The molecule has 2 aromatic rings. The molecule has 0 spiro atoms. The van der Waals surface area contributed by atoms with E-state index in [2.05, 4.69) is 0 Å². The number of carbonyl (C=O) groups is 3. The van der Waals surface area contributed by atoms with E-state index in [1.807, 2.05) is 6.07 Å². The Labute approximate surface area is 162 Å². The molecule has 1 aliphatic heterocycles. The van der Waals surface area contributed by atoms with Crippen molar-refractivity contribution in [2.45, 2.75) is 19.4 Å². The van der Waals surface area contributed by atoms with Gasteiger partial charge in [-0.05, 0) is 43.7 Å². The average Bonchev–Trinajstić information content (AvgIpc) is 2.94. The molecule has 3 rings (SSSR count). The Morgan fingerprint density at radius 3 is 2.32 bits per heavy atom. The predicted octanol–water partition coefficient (Wildman–Crippen LogP) is 0.498. The van der Waals surface area contributed by atoms with Crippen LogP contribution in [0.5, 0.6) is 0 Å². The number of carbonyl (C=O) groups excluding carboxylic acids is 3. The van der Waals surface area contributed by atoms with Crippen LogP contribution in [0.3, 0.4) is 0 Å². The van der Waals surface area contributed by atoms with E-state index in [9.17, 15) is 19.5 Å². The smallest absolute Gasteiger partial charge is 0.336 e. The van der Waals surface area contributed by atoms with E-state index >= 15 is 0 Å². The highest BCUT2D eigenvalue weighted by atomic mass is 16.5. The number of anilines is 1. The van der Waals surface area contributed by atoms with Crippen LogP contribution in [0.15, 0.2) is 66.4 Å². The summed E-state index contributed by atoms with van der Waals surface area (Å²) in [4.78, 5) is 38.1. The van der Waals surface area contributed by atoms with Gasteiger partial charge in [-0.3, -0.25) is 15.0 Å². The zero-order valence-corrected chi connectivity index (χ0v) is 15.5. The number of esters is 1. The number of ether oxygens (including phenoxy) is 1. The molecule has 7 heteroatoms. The van der Waals surface area contributed by atoms with Gasteiger partial charge < -0.3 is 14.6 Å². The van der Waals surface area contributed by atoms with Gasteiger partial charge in [-0.25, -0.2) is 4.79 Å². The summed E-state index contributed by atoms with van der Waals surface area (Å²) in [6, 6.07) is 14.9. The molecule has 1 atom stereocenters. The second-order valence-corrected chi connectivity index (χ2v) is 6.50. The maximum atomic E-state index is 13.1. The van der Waals surface area contributed by atoms with Crippen molar-refractivity contribution < 1.29 is 29.5 Å². The number of carboxylic acids is 1. The van der Waals surface area contributed by atoms with Crippen molar-refractivity contribution >= 4 is 29.2 Å². The van der Waals surface area contributed by atoms with Crippen molar-refractivity contribution in [2.75, 3.05) is 11.5 Å². The molecule has 28 heavy (non-hydrogen) atoms. The first-order chi connectivity index (χ1) is 13.4. The fourth-order valence-electron chi connectivity index (χ4n) is 3.16. The Kier molecular flexibility index (Phi) is 5.28. The molecule has 0 saturated carbocycles. The second kappa shape index (κ2) is 7.66. The lowest BCUT2D eigenvalue weighted by Gasteiger charge is -2.31. The van der Waals surface area contributed by atoms with E-state index in [1.165, 1.54) is 17.0 Å². The summed E-state index contributed by atoms with van der Waals surface area (Å²) in [5.41, 5.74) is 0.290. The molecular formula is C21H20N2O5. The Hall–Kier alpha value is -3.45. The summed E-state index contributed by atoms with van der Waals surface area (Å²) < 4.78 is 5.21. The first-order valence-electron chi connectivity index (χ1n) is 8.82. The standard InChI is InChI=1S/C21H20N2O5/c1-3-28-20(27)21(2)13-17(18(24)23(21)16-7-5-4-6-8-16)22-15-11-9-14(10-12-15)19(25)26/h4-13,22H,3H2,1-2H3,(H,25,26). The fourth-order valence-corrected chi connectivity index (χ4v) is 3.16. The van der Waals surface area contributed by atoms with Gasteiger partial charge >= 0.3 is 11.9 Å². The van der Waals surface area contributed by atoms with Crippen LogP contribution >= 0.6 is 0 Å². The highest BCUT2D eigenvalue weighted by Gasteiger charge is 2.51. The van der Waals surface area contributed by atoms with Crippen molar-refractivity contribution in [3.8, 4) is 0 Å². The highest BCUT2D eigenvalue weighted by molar-refractivity contribution is 6.14. The van der Waals surface area contributed by atoms with Gasteiger partial charge in [0.15, 0.2) is 11.2 Å². The normalized spacial score (nSPS) is 18.7. The molecular weight excluding hydrogens is 360 g/mol. The number of hydrogen-bond acceptors (Lipinski definition) is 5. The first kappa shape index (κ1) is 19.3. The van der Waals surface area contributed by atoms with E-state index < -0.39 is 17.5 Å². The third kappa shape index (κ3) is 3.52. The number of rotatable bonds is 6. The van der Waals surface area contributed by atoms with Gasteiger partial charge in [0.2, 0.25) is 0 Å². The molecule has 144 valence electrons. The van der Waals surface area contributed by atoms with Crippen molar-refractivity contribution in [2.24, 2.45) is 0 Å². The number of nitrogens with zero attached hydrogens (tertiary/aromatic N) is 1. The quantitative estimate of drug-likeness (QED) is 0.581. The van der Waals surface area contributed by atoms with Crippen LogP contribution < -0.4 is 15.3 Å². The lowest BCUT2D eigenvalue weighted by molar-refractivity contribution is -0.510. The molecule has 0 aromatic heterocycles. The molecule has 1 amide bonds. The van der Waals surface area contributed by atoms with Crippen LogP contribution in [-0.4, -0.2) is 30.0 Å². The summed E-state index contributed by atoms with van der Waals surface area (Å²) >= 11 is 0. The molecule has 2 N–H and O–H groups in total. The number of carboxylic acid groups (broad SMARTS) is 1.